The average Bonchev–Trinajstić information content (AvgIpc) is 2.38. The molecule has 5 nitrogen and oxygen atoms in total. The highest BCUT2D eigenvalue weighted by Gasteiger charge is 2.29. The summed E-state index contributed by atoms with van der Waals surface area (Å²) in [4.78, 5) is 16.2. The monoisotopic (exact) mass is 256 g/mol. The zero-order valence-electron chi connectivity index (χ0n) is 11.6. The highest BCUT2D eigenvalue weighted by molar-refractivity contribution is 5.68. The predicted octanol–water partition coefficient (Wildman–Crippen LogP) is 1.33. The van der Waals surface area contributed by atoms with E-state index in [-0.39, 0.29) is 6.09 Å². The van der Waals surface area contributed by atoms with Gasteiger partial charge in [-0.3, -0.25) is 4.90 Å². The number of hydrogen-bond donors (Lipinski definition) is 0. The molecule has 0 spiro atoms. The van der Waals surface area contributed by atoms with Crippen LogP contribution in [0.2, 0.25) is 0 Å². The van der Waals surface area contributed by atoms with Gasteiger partial charge in [-0.15, -0.1) is 0 Å². The van der Waals surface area contributed by atoms with Crippen LogP contribution in [0.25, 0.3) is 0 Å². The van der Waals surface area contributed by atoms with Crippen molar-refractivity contribution >= 4 is 6.09 Å². The van der Waals surface area contributed by atoms with Crippen LogP contribution in [0.3, 0.4) is 0 Å². The lowest BCUT2D eigenvalue weighted by Crippen LogP contribution is -2.50. The minimum absolute atomic E-state index is 0.186. The first-order valence-electron chi connectivity index (χ1n) is 6.75. The van der Waals surface area contributed by atoms with Gasteiger partial charge in [-0.25, -0.2) is 4.79 Å². The molecular weight excluding hydrogens is 232 g/mol. The van der Waals surface area contributed by atoms with E-state index in [0.29, 0.717) is 6.04 Å². The van der Waals surface area contributed by atoms with Crippen molar-refractivity contribution in [3.8, 4) is 0 Å². The Kier molecular flexibility index (Phi) is 4.12. The van der Waals surface area contributed by atoms with E-state index in [9.17, 15) is 4.79 Å². The second-order valence-corrected chi connectivity index (χ2v) is 6.05. The average molecular weight is 256 g/mol. The molecule has 0 radical (unpaired) electrons. The Bertz CT molecular complexity index is 297. The van der Waals surface area contributed by atoms with E-state index in [1.807, 2.05) is 25.7 Å². The van der Waals surface area contributed by atoms with Crippen LogP contribution >= 0.6 is 0 Å². The van der Waals surface area contributed by atoms with Gasteiger partial charge in [-0.2, -0.15) is 0 Å². The van der Waals surface area contributed by atoms with Crippen LogP contribution in [0.1, 0.15) is 27.2 Å². The molecule has 5 heteroatoms. The second-order valence-electron chi connectivity index (χ2n) is 6.05. The summed E-state index contributed by atoms with van der Waals surface area (Å²) < 4.78 is 10.6. The second kappa shape index (κ2) is 5.45. The first kappa shape index (κ1) is 13.6. The van der Waals surface area contributed by atoms with Crippen molar-refractivity contribution in [2.24, 2.45) is 0 Å². The molecule has 0 unspecified atom stereocenters. The maximum absolute atomic E-state index is 12.0. The van der Waals surface area contributed by atoms with E-state index >= 15 is 0 Å². The van der Waals surface area contributed by atoms with Crippen molar-refractivity contribution in [1.29, 1.82) is 0 Å². The molecule has 2 heterocycles. The fourth-order valence-electron chi connectivity index (χ4n) is 2.25. The number of nitrogens with zero attached hydrogens (tertiary/aromatic N) is 2. The van der Waals surface area contributed by atoms with Gasteiger partial charge in [0.2, 0.25) is 0 Å². The van der Waals surface area contributed by atoms with Crippen LogP contribution in [0.4, 0.5) is 4.79 Å². The molecule has 0 aromatic rings. The number of amides is 1. The highest BCUT2D eigenvalue weighted by Crippen LogP contribution is 2.15. The van der Waals surface area contributed by atoms with Crippen molar-refractivity contribution in [2.45, 2.75) is 38.8 Å². The Labute approximate surface area is 109 Å². The maximum Gasteiger partial charge on any atom is 0.410 e. The molecule has 0 aliphatic carbocycles. The summed E-state index contributed by atoms with van der Waals surface area (Å²) in [5.74, 6) is 0. The quantitative estimate of drug-likeness (QED) is 0.710. The van der Waals surface area contributed by atoms with Gasteiger partial charge in [0.15, 0.2) is 0 Å². The zero-order chi connectivity index (χ0) is 13.2. The van der Waals surface area contributed by atoms with Gasteiger partial charge in [0.1, 0.15) is 5.60 Å². The van der Waals surface area contributed by atoms with E-state index in [0.717, 1.165) is 45.8 Å². The van der Waals surface area contributed by atoms with Crippen LogP contribution in [-0.2, 0) is 9.47 Å². The van der Waals surface area contributed by atoms with Gasteiger partial charge in [-0.05, 0) is 27.2 Å². The molecule has 2 fully saturated rings. The van der Waals surface area contributed by atoms with E-state index in [1.165, 1.54) is 0 Å². The molecule has 0 bridgehead atoms. The first-order valence-corrected chi connectivity index (χ1v) is 6.75. The molecule has 104 valence electrons. The fourth-order valence-corrected chi connectivity index (χ4v) is 2.25. The fraction of sp³-hybridized carbons (Fsp3) is 0.923. The minimum Gasteiger partial charge on any atom is -0.444 e. The van der Waals surface area contributed by atoms with Gasteiger partial charge in [0, 0.05) is 26.2 Å². The number of carbonyl (C=O) groups excluding carboxylic acids is 1. The summed E-state index contributed by atoms with van der Waals surface area (Å²) in [5.41, 5.74) is -0.412. The van der Waals surface area contributed by atoms with Gasteiger partial charge in [0.05, 0.1) is 19.3 Å². The molecule has 0 atom stereocenters. The number of carbonyl (C=O) groups is 1. The third-order valence-corrected chi connectivity index (χ3v) is 3.32. The SMILES string of the molecule is CC(C)(C)OC(=O)N1CCCN(C2COC2)CC1. The summed E-state index contributed by atoms with van der Waals surface area (Å²) in [6.45, 7) is 10.9. The van der Waals surface area contributed by atoms with Crippen LogP contribution in [0.15, 0.2) is 0 Å². The Morgan fingerprint density at radius 2 is 1.89 bits per heavy atom. The number of rotatable bonds is 1. The third-order valence-electron chi connectivity index (χ3n) is 3.32. The summed E-state index contributed by atoms with van der Waals surface area (Å²) >= 11 is 0. The maximum atomic E-state index is 12.0. The lowest BCUT2D eigenvalue weighted by Gasteiger charge is -2.36. The largest absolute Gasteiger partial charge is 0.444 e. The lowest BCUT2D eigenvalue weighted by atomic mass is 10.2. The van der Waals surface area contributed by atoms with Crippen molar-refractivity contribution < 1.29 is 14.3 Å². The summed E-state index contributed by atoms with van der Waals surface area (Å²) in [7, 11) is 0. The van der Waals surface area contributed by atoms with Crippen molar-refractivity contribution in [3.63, 3.8) is 0 Å². The number of hydrogen-bond acceptors (Lipinski definition) is 4. The standard InChI is InChI=1S/C13H24N2O3/c1-13(2,3)18-12(16)15-6-4-5-14(7-8-15)11-9-17-10-11/h11H,4-10H2,1-3H3. The van der Waals surface area contributed by atoms with Crippen molar-refractivity contribution in [3.05, 3.63) is 0 Å². The molecule has 2 rings (SSSR count). The molecule has 1 amide bonds. The summed E-state index contributed by atoms with van der Waals surface area (Å²) in [5, 5.41) is 0. The molecule has 2 aliphatic heterocycles. The first-order chi connectivity index (χ1) is 8.46. The van der Waals surface area contributed by atoms with Gasteiger partial charge in [0.25, 0.3) is 0 Å². The molecule has 18 heavy (non-hydrogen) atoms. The Hall–Kier alpha value is -0.810. The molecule has 0 saturated carbocycles. The molecule has 0 aromatic heterocycles. The van der Waals surface area contributed by atoms with E-state index in [4.69, 9.17) is 9.47 Å². The van der Waals surface area contributed by atoms with Crippen molar-refractivity contribution in [1.82, 2.24) is 9.80 Å². The van der Waals surface area contributed by atoms with E-state index < -0.39 is 5.60 Å². The van der Waals surface area contributed by atoms with Crippen LogP contribution in [0, 0.1) is 0 Å². The number of ether oxygens (including phenoxy) is 2. The lowest BCUT2D eigenvalue weighted by molar-refractivity contribution is -0.0633. The summed E-state index contributed by atoms with van der Waals surface area (Å²) in [6.07, 6.45) is 0.824. The predicted molar refractivity (Wildman–Crippen MR) is 68.6 cm³/mol. The Morgan fingerprint density at radius 1 is 1.17 bits per heavy atom. The van der Waals surface area contributed by atoms with Crippen LogP contribution in [-0.4, -0.2) is 66.9 Å². The van der Waals surface area contributed by atoms with E-state index in [1.54, 1.807) is 0 Å². The molecule has 0 aromatic carbocycles. The van der Waals surface area contributed by atoms with E-state index in [2.05, 4.69) is 4.90 Å². The molecular formula is C13H24N2O3. The van der Waals surface area contributed by atoms with Crippen molar-refractivity contribution in [2.75, 3.05) is 39.4 Å². The van der Waals surface area contributed by atoms with Gasteiger partial charge < -0.3 is 14.4 Å². The van der Waals surface area contributed by atoms with Crippen LogP contribution < -0.4 is 0 Å². The Balaban J connectivity index is 1.82. The van der Waals surface area contributed by atoms with Crippen LogP contribution in [0.5, 0.6) is 0 Å². The van der Waals surface area contributed by atoms with Gasteiger partial charge >= 0.3 is 6.09 Å². The molecule has 0 N–H and O–H groups in total. The topological polar surface area (TPSA) is 42.0 Å². The highest BCUT2D eigenvalue weighted by atomic mass is 16.6. The zero-order valence-corrected chi connectivity index (χ0v) is 11.6. The third kappa shape index (κ3) is 3.59. The van der Waals surface area contributed by atoms with Gasteiger partial charge in [-0.1, -0.05) is 0 Å². The molecule has 2 aliphatic rings. The Morgan fingerprint density at radius 3 is 2.44 bits per heavy atom. The summed E-state index contributed by atoms with van der Waals surface area (Å²) in [6, 6.07) is 0.559. The smallest absolute Gasteiger partial charge is 0.410 e. The minimum atomic E-state index is -0.412. The molecule has 2 saturated heterocycles. The normalized spacial score (nSPS) is 23.4.